The first-order valence-electron chi connectivity index (χ1n) is 9.04. The molecule has 2 aliphatic heterocycles. The molecule has 3 aliphatic rings. The van der Waals surface area contributed by atoms with Gasteiger partial charge in [-0.2, -0.15) is 5.10 Å². The Labute approximate surface area is 137 Å². The van der Waals surface area contributed by atoms with Crippen LogP contribution in [0, 0.1) is 0 Å². The van der Waals surface area contributed by atoms with Gasteiger partial charge in [-0.15, -0.1) is 0 Å². The summed E-state index contributed by atoms with van der Waals surface area (Å²) in [5.74, 6) is 0.160. The first kappa shape index (κ1) is 15.1. The lowest BCUT2D eigenvalue weighted by molar-refractivity contribution is -0.133. The number of nitrogens with one attached hydrogen (secondary N) is 2. The standard InChI is InChI=1S/C17H27N5O/c23-16(20-14-4-12-21(13-5-14)15-2-3-15)17(6-9-18-10-7-17)22-11-1-8-19-22/h1,8,11,14-15,18H,2-7,9-10,12-13H2,(H,20,23). The minimum absolute atomic E-state index is 0.160. The Morgan fingerprint density at radius 3 is 2.52 bits per heavy atom. The smallest absolute Gasteiger partial charge is 0.248 e. The summed E-state index contributed by atoms with van der Waals surface area (Å²) in [5, 5.41) is 11.1. The average Bonchev–Trinajstić information content (AvgIpc) is 3.29. The van der Waals surface area contributed by atoms with E-state index in [0.717, 1.165) is 57.9 Å². The lowest BCUT2D eigenvalue weighted by atomic mass is 9.86. The van der Waals surface area contributed by atoms with E-state index in [9.17, 15) is 4.79 Å². The van der Waals surface area contributed by atoms with Gasteiger partial charge in [0.2, 0.25) is 5.91 Å². The second kappa shape index (κ2) is 6.24. The molecule has 1 aromatic rings. The third kappa shape index (κ3) is 3.02. The zero-order valence-corrected chi connectivity index (χ0v) is 13.7. The fraction of sp³-hybridized carbons (Fsp3) is 0.765. The lowest BCUT2D eigenvalue weighted by Crippen LogP contribution is -2.57. The van der Waals surface area contributed by atoms with Gasteiger partial charge >= 0.3 is 0 Å². The number of aromatic nitrogens is 2. The Kier molecular flexibility index (Phi) is 4.11. The van der Waals surface area contributed by atoms with Gasteiger partial charge in [-0.3, -0.25) is 9.48 Å². The van der Waals surface area contributed by atoms with Gasteiger partial charge in [-0.05, 0) is 57.7 Å². The molecule has 6 heteroatoms. The molecule has 0 spiro atoms. The van der Waals surface area contributed by atoms with E-state index in [0.29, 0.717) is 6.04 Å². The van der Waals surface area contributed by atoms with E-state index < -0.39 is 5.54 Å². The van der Waals surface area contributed by atoms with Crippen molar-refractivity contribution in [2.45, 2.75) is 56.1 Å². The van der Waals surface area contributed by atoms with Crippen molar-refractivity contribution in [2.75, 3.05) is 26.2 Å². The lowest BCUT2D eigenvalue weighted by Gasteiger charge is -2.39. The highest BCUT2D eigenvalue weighted by atomic mass is 16.2. The quantitative estimate of drug-likeness (QED) is 0.858. The molecule has 3 heterocycles. The molecular weight excluding hydrogens is 290 g/mol. The number of piperidine rings is 2. The van der Waals surface area contributed by atoms with Crippen molar-refractivity contribution in [3.63, 3.8) is 0 Å². The van der Waals surface area contributed by atoms with Crippen molar-refractivity contribution in [1.82, 2.24) is 25.3 Å². The van der Waals surface area contributed by atoms with Gasteiger partial charge in [-0.1, -0.05) is 0 Å². The molecule has 0 bridgehead atoms. The topological polar surface area (TPSA) is 62.2 Å². The number of nitrogens with zero attached hydrogens (tertiary/aromatic N) is 3. The normalized spacial score (nSPS) is 26.1. The predicted octanol–water partition coefficient (Wildman–Crippen LogP) is 0.705. The molecule has 4 rings (SSSR count). The summed E-state index contributed by atoms with van der Waals surface area (Å²) in [6, 6.07) is 3.07. The van der Waals surface area contributed by atoms with Gasteiger partial charge in [0.1, 0.15) is 5.54 Å². The fourth-order valence-corrected chi connectivity index (χ4v) is 4.09. The molecule has 1 saturated carbocycles. The zero-order valence-electron chi connectivity index (χ0n) is 13.7. The molecule has 0 unspecified atom stereocenters. The van der Waals surface area contributed by atoms with Crippen molar-refractivity contribution < 1.29 is 4.79 Å². The number of likely N-dealkylation sites (tertiary alicyclic amines) is 1. The summed E-state index contributed by atoms with van der Waals surface area (Å²) in [4.78, 5) is 15.7. The monoisotopic (exact) mass is 317 g/mol. The number of hydrogen-bond donors (Lipinski definition) is 2. The SMILES string of the molecule is O=C(NC1CCN(C2CC2)CC1)C1(n2cccn2)CCNCC1. The molecule has 0 aromatic carbocycles. The van der Waals surface area contributed by atoms with Crippen LogP contribution >= 0.6 is 0 Å². The fourth-order valence-electron chi connectivity index (χ4n) is 4.09. The first-order chi connectivity index (χ1) is 11.3. The van der Waals surface area contributed by atoms with Crippen molar-refractivity contribution >= 4 is 5.91 Å². The maximum Gasteiger partial charge on any atom is 0.248 e. The molecule has 1 aromatic heterocycles. The Morgan fingerprint density at radius 2 is 1.91 bits per heavy atom. The molecule has 2 N–H and O–H groups in total. The van der Waals surface area contributed by atoms with Crippen LogP contribution in [0.1, 0.15) is 38.5 Å². The zero-order chi connectivity index (χ0) is 15.7. The maximum absolute atomic E-state index is 13.1. The van der Waals surface area contributed by atoms with Crippen LogP contribution in [0.15, 0.2) is 18.5 Å². The first-order valence-corrected chi connectivity index (χ1v) is 9.04. The Bertz CT molecular complexity index is 525. The van der Waals surface area contributed by atoms with Crippen LogP contribution in [0.5, 0.6) is 0 Å². The highest BCUT2D eigenvalue weighted by Gasteiger charge is 2.43. The van der Waals surface area contributed by atoms with Crippen LogP contribution in [-0.2, 0) is 10.3 Å². The van der Waals surface area contributed by atoms with Gasteiger partial charge in [0.15, 0.2) is 0 Å². The van der Waals surface area contributed by atoms with E-state index in [1.807, 2.05) is 16.9 Å². The second-order valence-electron chi connectivity index (χ2n) is 7.25. The number of amides is 1. The van der Waals surface area contributed by atoms with Gasteiger partial charge in [-0.25, -0.2) is 0 Å². The van der Waals surface area contributed by atoms with E-state index in [2.05, 4.69) is 20.6 Å². The van der Waals surface area contributed by atoms with Crippen molar-refractivity contribution in [1.29, 1.82) is 0 Å². The summed E-state index contributed by atoms with van der Waals surface area (Å²) in [6.07, 6.45) is 10.2. The van der Waals surface area contributed by atoms with Gasteiger partial charge in [0.25, 0.3) is 0 Å². The largest absolute Gasteiger partial charge is 0.351 e. The van der Waals surface area contributed by atoms with E-state index in [1.165, 1.54) is 12.8 Å². The van der Waals surface area contributed by atoms with Crippen LogP contribution in [-0.4, -0.2) is 58.9 Å². The molecule has 6 nitrogen and oxygen atoms in total. The van der Waals surface area contributed by atoms with Crippen LogP contribution in [0.3, 0.4) is 0 Å². The molecule has 1 aliphatic carbocycles. The molecule has 3 fully saturated rings. The van der Waals surface area contributed by atoms with Gasteiger partial charge < -0.3 is 15.5 Å². The summed E-state index contributed by atoms with van der Waals surface area (Å²) >= 11 is 0. The van der Waals surface area contributed by atoms with E-state index in [-0.39, 0.29) is 5.91 Å². The Hall–Kier alpha value is -1.40. The van der Waals surface area contributed by atoms with Crippen molar-refractivity contribution in [3.05, 3.63) is 18.5 Å². The molecule has 126 valence electrons. The second-order valence-corrected chi connectivity index (χ2v) is 7.25. The molecule has 0 radical (unpaired) electrons. The molecule has 23 heavy (non-hydrogen) atoms. The van der Waals surface area contributed by atoms with Gasteiger partial charge in [0.05, 0.1) is 0 Å². The summed E-state index contributed by atoms with van der Waals surface area (Å²) in [6.45, 7) is 4.00. The van der Waals surface area contributed by atoms with Crippen LogP contribution in [0.2, 0.25) is 0 Å². The van der Waals surface area contributed by atoms with Crippen molar-refractivity contribution in [2.24, 2.45) is 0 Å². The predicted molar refractivity (Wildman–Crippen MR) is 88.1 cm³/mol. The highest BCUT2D eigenvalue weighted by Crippen LogP contribution is 2.30. The highest BCUT2D eigenvalue weighted by molar-refractivity contribution is 5.84. The molecule has 0 atom stereocenters. The van der Waals surface area contributed by atoms with Crippen LogP contribution < -0.4 is 10.6 Å². The molecule has 2 saturated heterocycles. The van der Waals surface area contributed by atoms with E-state index in [1.54, 1.807) is 6.20 Å². The summed E-state index contributed by atoms with van der Waals surface area (Å²) in [7, 11) is 0. The summed E-state index contributed by atoms with van der Waals surface area (Å²) in [5.41, 5.74) is -0.512. The number of carbonyl (C=O) groups is 1. The third-order valence-corrected chi connectivity index (χ3v) is 5.72. The molecule has 1 amide bonds. The summed E-state index contributed by atoms with van der Waals surface area (Å²) < 4.78 is 1.88. The van der Waals surface area contributed by atoms with Crippen molar-refractivity contribution in [3.8, 4) is 0 Å². The number of carbonyl (C=O) groups excluding carboxylic acids is 1. The van der Waals surface area contributed by atoms with Crippen LogP contribution in [0.25, 0.3) is 0 Å². The van der Waals surface area contributed by atoms with Gasteiger partial charge in [0, 0.05) is 37.6 Å². The Morgan fingerprint density at radius 1 is 1.17 bits per heavy atom. The number of hydrogen-bond acceptors (Lipinski definition) is 4. The Balaban J connectivity index is 1.41. The average molecular weight is 317 g/mol. The van der Waals surface area contributed by atoms with E-state index in [4.69, 9.17) is 0 Å². The number of rotatable bonds is 4. The minimum atomic E-state index is -0.512. The minimum Gasteiger partial charge on any atom is -0.351 e. The van der Waals surface area contributed by atoms with Crippen LogP contribution in [0.4, 0.5) is 0 Å². The third-order valence-electron chi connectivity index (χ3n) is 5.72. The molecular formula is C17H27N5O. The van der Waals surface area contributed by atoms with E-state index >= 15 is 0 Å². The maximum atomic E-state index is 13.1.